The molecule has 0 fully saturated rings. The maximum absolute atomic E-state index is 6.38. The second-order valence-corrected chi connectivity index (χ2v) is 15.6. The minimum absolute atomic E-state index is 0.864. The monoisotopic (exact) mass is 791 g/mol. The summed E-state index contributed by atoms with van der Waals surface area (Å²) in [7, 11) is 0. The smallest absolute Gasteiger partial charge is 0.135 e. The summed E-state index contributed by atoms with van der Waals surface area (Å²) >= 11 is 0. The molecule has 0 saturated heterocycles. The van der Waals surface area contributed by atoms with Crippen LogP contribution in [-0.2, 0) is 0 Å². The van der Waals surface area contributed by atoms with E-state index in [0.717, 1.165) is 61.3 Å². The maximum Gasteiger partial charge on any atom is 0.135 e. The Kier molecular flexibility index (Phi) is 9.57. The Morgan fingerprint density at radius 3 is 1.42 bits per heavy atom. The van der Waals surface area contributed by atoms with Crippen LogP contribution in [-0.4, -0.2) is 0 Å². The quantitative estimate of drug-likeness (QED) is 0.145. The van der Waals surface area contributed by atoms with Gasteiger partial charge in [0.15, 0.2) is 0 Å². The van der Waals surface area contributed by atoms with Gasteiger partial charge in [0.2, 0.25) is 0 Å². The van der Waals surface area contributed by atoms with E-state index in [1.165, 1.54) is 44.5 Å². The van der Waals surface area contributed by atoms with Gasteiger partial charge < -0.3 is 9.32 Å². The van der Waals surface area contributed by atoms with Crippen LogP contribution >= 0.6 is 0 Å². The minimum Gasteiger partial charge on any atom is -0.456 e. The first-order valence-corrected chi connectivity index (χ1v) is 21.2. The predicted molar refractivity (Wildman–Crippen MR) is 261 cm³/mol. The maximum atomic E-state index is 6.38. The van der Waals surface area contributed by atoms with Gasteiger partial charge in [0, 0.05) is 27.6 Å². The molecule has 0 amide bonds. The van der Waals surface area contributed by atoms with Crippen LogP contribution in [0.5, 0.6) is 0 Å². The van der Waals surface area contributed by atoms with Crippen molar-refractivity contribution in [2.45, 2.75) is 0 Å². The third-order valence-electron chi connectivity index (χ3n) is 11.9. The van der Waals surface area contributed by atoms with Crippen LogP contribution in [0.3, 0.4) is 0 Å². The van der Waals surface area contributed by atoms with E-state index in [-0.39, 0.29) is 0 Å². The van der Waals surface area contributed by atoms with Gasteiger partial charge in [-0.25, -0.2) is 0 Å². The van der Waals surface area contributed by atoms with E-state index in [4.69, 9.17) is 4.42 Å². The molecule has 0 atom stereocenters. The predicted octanol–water partition coefficient (Wildman–Crippen LogP) is 17.1. The van der Waals surface area contributed by atoms with Crippen LogP contribution in [0.1, 0.15) is 0 Å². The van der Waals surface area contributed by atoms with Crippen LogP contribution in [0.25, 0.3) is 88.7 Å². The highest BCUT2D eigenvalue weighted by atomic mass is 16.3. The number of anilines is 3. The fourth-order valence-electron chi connectivity index (χ4n) is 9.04. The van der Waals surface area contributed by atoms with E-state index in [2.05, 4.69) is 241 Å². The number of hydrogen-bond acceptors (Lipinski definition) is 2. The highest BCUT2D eigenvalue weighted by Crippen LogP contribution is 2.50. The van der Waals surface area contributed by atoms with Gasteiger partial charge in [-0.15, -0.1) is 0 Å². The number of para-hydroxylation sites is 3. The van der Waals surface area contributed by atoms with Gasteiger partial charge in [0.1, 0.15) is 11.2 Å². The Morgan fingerprint density at radius 2 is 0.710 bits per heavy atom. The van der Waals surface area contributed by atoms with Crippen LogP contribution in [0.4, 0.5) is 17.1 Å². The molecule has 292 valence electrons. The summed E-state index contributed by atoms with van der Waals surface area (Å²) in [6.45, 7) is 0. The molecule has 11 aromatic rings. The van der Waals surface area contributed by atoms with Gasteiger partial charge in [-0.3, -0.25) is 0 Å². The van der Waals surface area contributed by atoms with Crippen molar-refractivity contribution in [3.63, 3.8) is 0 Å². The molecule has 2 heteroatoms. The van der Waals surface area contributed by atoms with Crippen molar-refractivity contribution in [2.75, 3.05) is 4.90 Å². The summed E-state index contributed by atoms with van der Waals surface area (Å²) in [4.78, 5) is 2.44. The largest absolute Gasteiger partial charge is 0.456 e. The standard InChI is InChI=1S/C60H41NO/c1-4-19-42(20-5-1)43-35-37-46(38-36-43)49-26-12-15-32-56(49)61(47-39-40-59-55(41-47)52-28-14-17-34-58(52)62-59)57-33-16-13-27-51(57)54-31-18-30-50(45-23-8-3-9-24-45)60(54)53-29-11-10-25-48(53)44-21-6-2-7-22-44/h1-41H. The molecule has 0 N–H and O–H groups in total. The van der Waals surface area contributed by atoms with Gasteiger partial charge >= 0.3 is 0 Å². The molecule has 0 aliphatic carbocycles. The third-order valence-corrected chi connectivity index (χ3v) is 11.9. The number of nitrogens with zero attached hydrogens (tertiary/aromatic N) is 1. The van der Waals surface area contributed by atoms with E-state index in [1.807, 2.05) is 12.1 Å². The van der Waals surface area contributed by atoms with E-state index in [0.29, 0.717) is 0 Å². The molecular formula is C60H41NO. The summed E-state index contributed by atoms with van der Waals surface area (Å²) in [5.41, 5.74) is 18.9. The molecule has 0 bridgehead atoms. The second kappa shape index (κ2) is 16.1. The Morgan fingerprint density at radius 1 is 0.258 bits per heavy atom. The topological polar surface area (TPSA) is 16.4 Å². The van der Waals surface area contributed by atoms with Gasteiger partial charge in [-0.05, 0) is 92.0 Å². The molecule has 1 aromatic heterocycles. The Bertz CT molecular complexity index is 3330. The molecule has 10 aromatic carbocycles. The van der Waals surface area contributed by atoms with Crippen molar-refractivity contribution in [1.29, 1.82) is 0 Å². The molecule has 0 spiro atoms. The Hall–Kier alpha value is -8.20. The average molecular weight is 792 g/mol. The van der Waals surface area contributed by atoms with Crippen molar-refractivity contribution >= 4 is 39.0 Å². The van der Waals surface area contributed by atoms with Gasteiger partial charge in [0.05, 0.1) is 11.4 Å². The third kappa shape index (κ3) is 6.74. The summed E-state index contributed by atoms with van der Waals surface area (Å²) in [5.74, 6) is 0. The molecule has 0 unspecified atom stereocenters. The lowest BCUT2D eigenvalue weighted by atomic mass is 9.84. The lowest BCUT2D eigenvalue weighted by molar-refractivity contribution is 0.669. The molecule has 0 saturated carbocycles. The molecule has 0 aliphatic rings. The van der Waals surface area contributed by atoms with Crippen LogP contribution in [0, 0.1) is 0 Å². The highest BCUT2D eigenvalue weighted by Gasteiger charge is 2.25. The van der Waals surface area contributed by atoms with E-state index < -0.39 is 0 Å². The van der Waals surface area contributed by atoms with Crippen molar-refractivity contribution in [3.05, 3.63) is 249 Å². The van der Waals surface area contributed by atoms with Gasteiger partial charge in [-0.1, -0.05) is 212 Å². The molecule has 11 rings (SSSR count). The molecule has 62 heavy (non-hydrogen) atoms. The lowest BCUT2D eigenvalue weighted by Gasteiger charge is -2.31. The molecule has 0 radical (unpaired) electrons. The summed E-state index contributed by atoms with van der Waals surface area (Å²) in [6, 6.07) is 89.2. The van der Waals surface area contributed by atoms with Crippen LogP contribution in [0.15, 0.2) is 253 Å². The zero-order chi connectivity index (χ0) is 41.2. The summed E-state index contributed by atoms with van der Waals surface area (Å²) in [6.07, 6.45) is 0. The van der Waals surface area contributed by atoms with E-state index in [9.17, 15) is 0 Å². The highest BCUT2D eigenvalue weighted by molar-refractivity contribution is 6.08. The van der Waals surface area contributed by atoms with E-state index >= 15 is 0 Å². The fourth-order valence-corrected chi connectivity index (χ4v) is 9.04. The number of benzene rings is 10. The second-order valence-electron chi connectivity index (χ2n) is 15.6. The molecule has 1 heterocycles. The SMILES string of the molecule is c1ccc(-c2ccc(-c3ccccc3N(c3ccc4oc5ccccc5c4c3)c3ccccc3-c3cccc(-c4ccccc4)c3-c3ccccc3-c3ccccc3)cc2)cc1. The number of furan rings is 1. The van der Waals surface area contributed by atoms with Gasteiger partial charge in [0.25, 0.3) is 0 Å². The number of hydrogen-bond donors (Lipinski definition) is 0. The van der Waals surface area contributed by atoms with Crippen LogP contribution < -0.4 is 4.90 Å². The zero-order valence-electron chi connectivity index (χ0n) is 34.0. The zero-order valence-corrected chi connectivity index (χ0v) is 34.0. The Labute approximate surface area is 362 Å². The fraction of sp³-hybridized carbons (Fsp3) is 0. The normalized spacial score (nSPS) is 11.2. The molecule has 2 nitrogen and oxygen atoms in total. The molecular weight excluding hydrogens is 751 g/mol. The summed E-state index contributed by atoms with van der Waals surface area (Å²) in [5, 5.41) is 2.17. The first-order chi connectivity index (χ1) is 30.8. The summed E-state index contributed by atoms with van der Waals surface area (Å²) < 4.78 is 6.38. The number of fused-ring (bicyclic) bond motifs is 3. The van der Waals surface area contributed by atoms with Crippen molar-refractivity contribution in [3.8, 4) is 66.8 Å². The average Bonchev–Trinajstić information content (AvgIpc) is 3.73. The first kappa shape index (κ1) is 36.8. The lowest BCUT2D eigenvalue weighted by Crippen LogP contribution is -2.12. The first-order valence-electron chi connectivity index (χ1n) is 21.2. The Balaban J connectivity index is 1.17. The minimum atomic E-state index is 0.864. The van der Waals surface area contributed by atoms with Gasteiger partial charge in [-0.2, -0.15) is 0 Å². The number of rotatable bonds is 9. The van der Waals surface area contributed by atoms with Crippen molar-refractivity contribution < 1.29 is 4.42 Å². The van der Waals surface area contributed by atoms with E-state index in [1.54, 1.807) is 0 Å². The molecule has 0 aliphatic heterocycles. The van der Waals surface area contributed by atoms with Crippen LogP contribution in [0.2, 0.25) is 0 Å². The van der Waals surface area contributed by atoms with Crippen molar-refractivity contribution in [1.82, 2.24) is 0 Å². The van der Waals surface area contributed by atoms with Crippen molar-refractivity contribution in [2.24, 2.45) is 0 Å².